The second-order valence-corrected chi connectivity index (χ2v) is 5.32. The normalized spacial score (nSPS) is 22.4. The molecule has 0 bridgehead atoms. The largest absolute Gasteiger partial charge is 0.496 e. The molecule has 2 rings (SSSR count). The Morgan fingerprint density at radius 3 is 2.30 bits per heavy atom. The molecule has 0 radical (unpaired) electrons. The van der Waals surface area contributed by atoms with Gasteiger partial charge in [0.2, 0.25) is 11.8 Å². The number of benzene rings is 1. The van der Waals surface area contributed by atoms with E-state index in [0.29, 0.717) is 6.54 Å². The number of para-hydroxylation sites is 1. The zero-order chi connectivity index (χ0) is 14.7. The average molecular weight is 275 g/mol. The lowest BCUT2D eigenvalue weighted by Gasteiger charge is -2.15. The Hall–Kier alpha value is -1.84. The van der Waals surface area contributed by atoms with Crippen LogP contribution in [0.5, 0.6) is 5.75 Å². The van der Waals surface area contributed by atoms with Gasteiger partial charge in [-0.05, 0) is 24.5 Å². The summed E-state index contributed by atoms with van der Waals surface area (Å²) in [5.41, 5.74) is 1.11. The molecular formula is C16H21NO3. The van der Waals surface area contributed by atoms with E-state index >= 15 is 0 Å². The van der Waals surface area contributed by atoms with E-state index in [4.69, 9.17) is 4.74 Å². The molecule has 0 spiro atoms. The minimum absolute atomic E-state index is 0.0393. The number of methoxy groups -OCH3 is 1. The van der Waals surface area contributed by atoms with Gasteiger partial charge in [-0.1, -0.05) is 32.0 Å². The summed E-state index contributed by atoms with van der Waals surface area (Å²) in [7, 11) is 1.65. The van der Waals surface area contributed by atoms with Crippen molar-refractivity contribution in [2.45, 2.75) is 26.7 Å². The second-order valence-electron chi connectivity index (χ2n) is 5.32. The van der Waals surface area contributed by atoms with Gasteiger partial charge in [0.25, 0.3) is 0 Å². The van der Waals surface area contributed by atoms with Crippen molar-refractivity contribution in [3.63, 3.8) is 0 Å². The monoisotopic (exact) mass is 275 g/mol. The van der Waals surface area contributed by atoms with E-state index in [1.54, 1.807) is 7.11 Å². The molecule has 2 amide bonds. The lowest BCUT2D eigenvalue weighted by molar-refractivity contribution is -0.139. The number of ether oxygens (including phenoxy) is 1. The molecule has 1 aromatic rings. The first-order chi connectivity index (χ1) is 9.56. The van der Waals surface area contributed by atoms with Crippen LogP contribution in [-0.2, 0) is 16.0 Å². The molecule has 0 aromatic heterocycles. The highest BCUT2D eigenvalue weighted by molar-refractivity contribution is 6.04. The van der Waals surface area contributed by atoms with Gasteiger partial charge < -0.3 is 4.74 Å². The number of hydrogen-bond donors (Lipinski definition) is 0. The average Bonchev–Trinajstić information content (AvgIpc) is 2.65. The van der Waals surface area contributed by atoms with Gasteiger partial charge in [0.1, 0.15) is 5.75 Å². The van der Waals surface area contributed by atoms with Crippen molar-refractivity contribution in [2.24, 2.45) is 11.8 Å². The minimum atomic E-state index is -0.186. The molecule has 2 atom stereocenters. The maximum Gasteiger partial charge on any atom is 0.232 e. The lowest BCUT2D eigenvalue weighted by atomic mass is 10.00. The zero-order valence-corrected chi connectivity index (χ0v) is 12.3. The van der Waals surface area contributed by atoms with Crippen molar-refractivity contribution >= 4 is 11.8 Å². The third-order valence-electron chi connectivity index (χ3n) is 4.08. The summed E-state index contributed by atoms with van der Waals surface area (Å²) >= 11 is 0. The predicted octanol–water partition coefficient (Wildman–Crippen LogP) is 2.27. The number of rotatable bonds is 5. The number of carbonyl (C=O) groups excluding carboxylic acids is 2. The molecule has 1 aliphatic rings. The maximum absolute atomic E-state index is 12.0. The van der Waals surface area contributed by atoms with Gasteiger partial charge in [0.15, 0.2) is 0 Å². The molecule has 0 saturated carbocycles. The standard InChI is InChI=1S/C16H21NO3/c1-11-12(2)16(19)17(15(11)18)10-6-8-13-7-4-5-9-14(13)20-3/h4-5,7,9,11-12H,6,8,10H2,1-3H3. The van der Waals surface area contributed by atoms with Crippen molar-refractivity contribution in [3.8, 4) is 5.75 Å². The van der Waals surface area contributed by atoms with Gasteiger partial charge >= 0.3 is 0 Å². The topological polar surface area (TPSA) is 46.6 Å². The summed E-state index contributed by atoms with van der Waals surface area (Å²) in [6.45, 7) is 4.14. The Bertz CT molecular complexity index is 492. The molecule has 0 N–H and O–H groups in total. The Kier molecular flexibility index (Phi) is 4.42. The minimum Gasteiger partial charge on any atom is -0.496 e. The van der Waals surface area contributed by atoms with Crippen molar-refractivity contribution in [2.75, 3.05) is 13.7 Å². The van der Waals surface area contributed by atoms with Gasteiger partial charge in [-0.3, -0.25) is 14.5 Å². The zero-order valence-electron chi connectivity index (χ0n) is 12.3. The van der Waals surface area contributed by atoms with E-state index in [1.165, 1.54) is 4.90 Å². The van der Waals surface area contributed by atoms with Crippen LogP contribution in [0.2, 0.25) is 0 Å². The van der Waals surface area contributed by atoms with E-state index < -0.39 is 0 Å². The summed E-state index contributed by atoms with van der Waals surface area (Å²) in [5, 5.41) is 0. The SMILES string of the molecule is COc1ccccc1CCCN1C(=O)C(C)C(C)C1=O. The molecule has 20 heavy (non-hydrogen) atoms. The summed E-state index contributed by atoms with van der Waals surface area (Å²) in [6, 6.07) is 7.83. The number of imide groups is 1. The molecule has 1 aliphatic heterocycles. The second kappa shape index (κ2) is 6.07. The van der Waals surface area contributed by atoms with Crippen LogP contribution in [-0.4, -0.2) is 30.4 Å². The number of aryl methyl sites for hydroxylation is 1. The smallest absolute Gasteiger partial charge is 0.232 e. The third-order valence-corrected chi connectivity index (χ3v) is 4.08. The Morgan fingerprint density at radius 1 is 1.10 bits per heavy atom. The van der Waals surface area contributed by atoms with Crippen LogP contribution in [0.4, 0.5) is 0 Å². The number of carbonyl (C=O) groups is 2. The van der Waals surface area contributed by atoms with Crippen molar-refractivity contribution in [3.05, 3.63) is 29.8 Å². The number of hydrogen-bond acceptors (Lipinski definition) is 3. The maximum atomic E-state index is 12.0. The molecular weight excluding hydrogens is 254 g/mol. The van der Waals surface area contributed by atoms with Gasteiger partial charge in [0, 0.05) is 18.4 Å². The summed E-state index contributed by atoms with van der Waals surface area (Å²) in [4.78, 5) is 25.4. The molecule has 0 aliphatic carbocycles. The highest BCUT2D eigenvalue weighted by atomic mass is 16.5. The van der Waals surface area contributed by atoms with E-state index in [9.17, 15) is 9.59 Å². The van der Waals surface area contributed by atoms with Crippen LogP contribution in [0.15, 0.2) is 24.3 Å². The van der Waals surface area contributed by atoms with Gasteiger partial charge in [0.05, 0.1) is 7.11 Å². The molecule has 1 heterocycles. The molecule has 4 nitrogen and oxygen atoms in total. The third kappa shape index (κ3) is 2.69. The number of amides is 2. The van der Waals surface area contributed by atoms with Crippen LogP contribution >= 0.6 is 0 Å². The number of likely N-dealkylation sites (tertiary alicyclic amines) is 1. The first kappa shape index (κ1) is 14.6. The quantitative estimate of drug-likeness (QED) is 0.774. The molecule has 1 saturated heterocycles. The highest BCUT2D eigenvalue weighted by Gasteiger charge is 2.41. The van der Waals surface area contributed by atoms with Crippen molar-refractivity contribution in [1.82, 2.24) is 4.90 Å². The van der Waals surface area contributed by atoms with Crippen LogP contribution in [0.3, 0.4) is 0 Å². The van der Waals surface area contributed by atoms with Gasteiger partial charge in [-0.2, -0.15) is 0 Å². The van der Waals surface area contributed by atoms with Crippen molar-refractivity contribution in [1.29, 1.82) is 0 Å². The fourth-order valence-corrected chi connectivity index (χ4v) is 2.59. The van der Waals surface area contributed by atoms with Gasteiger partial charge in [-0.15, -0.1) is 0 Å². The Balaban J connectivity index is 1.93. The molecule has 108 valence electrons. The van der Waals surface area contributed by atoms with E-state index in [0.717, 1.165) is 24.2 Å². The summed E-state index contributed by atoms with van der Waals surface area (Å²) in [5.74, 6) is 0.404. The van der Waals surface area contributed by atoms with Gasteiger partial charge in [-0.25, -0.2) is 0 Å². The van der Waals surface area contributed by atoms with E-state index in [1.807, 2.05) is 38.1 Å². The summed E-state index contributed by atoms with van der Waals surface area (Å²) in [6.07, 6.45) is 1.56. The molecule has 1 fully saturated rings. The van der Waals surface area contributed by atoms with Crippen LogP contribution in [0.25, 0.3) is 0 Å². The van der Waals surface area contributed by atoms with Crippen LogP contribution in [0.1, 0.15) is 25.8 Å². The molecule has 2 unspecified atom stereocenters. The Morgan fingerprint density at radius 2 is 1.70 bits per heavy atom. The first-order valence-corrected chi connectivity index (χ1v) is 7.03. The summed E-state index contributed by atoms with van der Waals surface area (Å²) < 4.78 is 5.30. The molecule has 4 heteroatoms. The van der Waals surface area contributed by atoms with E-state index in [2.05, 4.69) is 0 Å². The fraction of sp³-hybridized carbons (Fsp3) is 0.500. The fourth-order valence-electron chi connectivity index (χ4n) is 2.59. The van der Waals surface area contributed by atoms with Crippen molar-refractivity contribution < 1.29 is 14.3 Å². The van der Waals surface area contributed by atoms with Crippen LogP contribution < -0.4 is 4.74 Å². The predicted molar refractivity (Wildman–Crippen MR) is 76.4 cm³/mol. The first-order valence-electron chi connectivity index (χ1n) is 7.03. The lowest BCUT2D eigenvalue weighted by Crippen LogP contribution is -2.32. The highest BCUT2D eigenvalue weighted by Crippen LogP contribution is 2.26. The Labute approximate surface area is 119 Å². The van der Waals surface area contributed by atoms with E-state index in [-0.39, 0.29) is 23.7 Å². The molecule has 1 aromatic carbocycles. The van der Waals surface area contributed by atoms with Crippen LogP contribution in [0, 0.1) is 11.8 Å². The number of nitrogens with zero attached hydrogens (tertiary/aromatic N) is 1.